The van der Waals surface area contributed by atoms with Gasteiger partial charge in [-0.3, -0.25) is 0 Å². The van der Waals surface area contributed by atoms with Gasteiger partial charge in [0.05, 0.1) is 13.2 Å². The van der Waals surface area contributed by atoms with E-state index in [-0.39, 0.29) is 13.2 Å². The van der Waals surface area contributed by atoms with E-state index in [2.05, 4.69) is 36.4 Å². The van der Waals surface area contributed by atoms with Crippen LogP contribution >= 0.6 is 0 Å². The van der Waals surface area contributed by atoms with Gasteiger partial charge in [0.25, 0.3) is 0 Å². The summed E-state index contributed by atoms with van der Waals surface area (Å²) in [6.45, 7) is 1.43. The number of hydrogen-bond acceptors (Lipinski definition) is 4. The molecule has 0 saturated heterocycles. The van der Waals surface area contributed by atoms with Crippen LogP contribution in [0.1, 0.15) is 25.7 Å². The molecule has 0 heterocycles. The predicted molar refractivity (Wildman–Crippen MR) is 131 cm³/mol. The molecule has 4 rings (SSSR count). The third-order valence-electron chi connectivity index (χ3n) is 5.65. The minimum absolute atomic E-state index is 0.170. The van der Waals surface area contributed by atoms with Crippen LogP contribution in [-0.4, -0.2) is 36.6 Å². The van der Waals surface area contributed by atoms with Gasteiger partial charge in [0, 0.05) is 24.3 Å². The maximum Gasteiger partial charge on any atom is 0.127 e. The van der Waals surface area contributed by atoms with Crippen molar-refractivity contribution < 1.29 is 19.7 Å². The smallest absolute Gasteiger partial charge is 0.127 e. The van der Waals surface area contributed by atoms with Crippen molar-refractivity contribution in [2.75, 3.05) is 26.4 Å². The lowest BCUT2D eigenvalue weighted by molar-refractivity contribution is 0.252. The third-order valence-corrected chi connectivity index (χ3v) is 5.65. The first-order valence-electron chi connectivity index (χ1n) is 11.3. The Balaban J connectivity index is 1.88. The molecule has 4 nitrogen and oxygen atoms in total. The summed E-state index contributed by atoms with van der Waals surface area (Å²) < 4.78 is 12.5. The Morgan fingerprint density at radius 1 is 0.500 bits per heavy atom. The van der Waals surface area contributed by atoms with Crippen LogP contribution < -0.4 is 9.47 Å². The summed E-state index contributed by atoms with van der Waals surface area (Å²) >= 11 is 0. The van der Waals surface area contributed by atoms with E-state index >= 15 is 0 Å². The average Bonchev–Trinajstić information content (AvgIpc) is 2.84. The number of aliphatic hydroxyl groups excluding tert-OH is 2. The van der Waals surface area contributed by atoms with Crippen LogP contribution in [-0.2, 0) is 0 Å². The Labute approximate surface area is 189 Å². The second-order valence-electron chi connectivity index (χ2n) is 7.88. The van der Waals surface area contributed by atoms with Gasteiger partial charge in [0.1, 0.15) is 11.5 Å². The molecule has 4 aromatic rings. The minimum atomic E-state index is 0.170. The zero-order valence-electron chi connectivity index (χ0n) is 18.3. The van der Waals surface area contributed by atoms with Gasteiger partial charge in [-0.25, -0.2) is 0 Å². The minimum Gasteiger partial charge on any atom is -0.493 e. The van der Waals surface area contributed by atoms with Gasteiger partial charge in [-0.1, -0.05) is 60.7 Å². The molecular weight excluding hydrogens is 400 g/mol. The van der Waals surface area contributed by atoms with E-state index in [1.165, 1.54) is 0 Å². The topological polar surface area (TPSA) is 58.9 Å². The quantitative estimate of drug-likeness (QED) is 0.288. The molecule has 0 aliphatic rings. The van der Waals surface area contributed by atoms with Gasteiger partial charge in [-0.05, 0) is 59.4 Å². The van der Waals surface area contributed by atoms with Crippen molar-refractivity contribution in [2.24, 2.45) is 0 Å². The van der Waals surface area contributed by atoms with Gasteiger partial charge in [0.2, 0.25) is 0 Å². The lowest BCUT2D eigenvalue weighted by Gasteiger charge is -2.20. The van der Waals surface area contributed by atoms with E-state index in [1.54, 1.807) is 0 Å². The van der Waals surface area contributed by atoms with Crippen LogP contribution in [0, 0.1) is 0 Å². The highest BCUT2D eigenvalue weighted by Crippen LogP contribution is 2.45. The van der Waals surface area contributed by atoms with E-state index in [1.807, 2.05) is 36.4 Å². The molecule has 32 heavy (non-hydrogen) atoms. The summed E-state index contributed by atoms with van der Waals surface area (Å²) in [4.78, 5) is 0. The number of hydrogen-bond donors (Lipinski definition) is 2. The van der Waals surface area contributed by atoms with Gasteiger partial charge in [0.15, 0.2) is 0 Å². The highest BCUT2D eigenvalue weighted by atomic mass is 16.5. The lowest BCUT2D eigenvalue weighted by Crippen LogP contribution is -2.03. The van der Waals surface area contributed by atoms with Gasteiger partial charge < -0.3 is 19.7 Å². The Morgan fingerprint density at radius 3 is 1.38 bits per heavy atom. The van der Waals surface area contributed by atoms with Crippen molar-refractivity contribution in [3.63, 3.8) is 0 Å². The molecule has 0 amide bonds. The largest absolute Gasteiger partial charge is 0.493 e. The number of ether oxygens (including phenoxy) is 2. The summed E-state index contributed by atoms with van der Waals surface area (Å²) in [6.07, 6.45) is 3.03. The van der Waals surface area contributed by atoms with E-state index in [0.717, 1.165) is 69.9 Å². The standard InChI is InChI=1S/C28H30O4/c29-17-5-7-19-31-25-15-13-21-9-1-3-11-23(21)27(25)28-24-12-4-2-10-22(24)14-16-26(28)32-20-8-6-18-30/h1-4,9-16,29-30H,5-8,17-20H2. The zero-order chi connectivity index (χ0) is 22.2. The Hall–Kier alpha value is -3.08. The first-order chi connectivity index (χ1) is 15.8. The summed E-state index contributed by atoms with van der Waals surface area (Å²) in [5.74, 6) is 1.64. The number of aliphatic hydroxyl groups is 2. The predicted octanol–water partition coefficient (Wildman–Crippen LogP) is 5.96. The number of rotatable bonds is 11. The summed E-state index contributed by atoms with van der Waals surface area (Å²) in [6, 6.07) is 24.9. The average molecular weight is 431 g/mol. The van der Waals surface area contributed by atoms with Gasteiger partial charge in [-0.2, -0.15) is 0 Å². The van der Waals surface area contributed by atoms with Crippen molar-refractivity contribution in [3.8, 4) is 22.6 Å². The molecule has 4 heteroatoms. The molecule has 0 aliphatic heterocycles. The van der Waals surface area contributed by atoms with E-state index in [4.69, 9.17) is 19.7 Å². The molecule has 0 unspecified atom stereocenters. The van der Waals surface area contributed by atoms with Gasteiger partial charge in [-0.15, -0.1) is 0 Å². The Morgan fingerprint density at radius 2 is 0.938 bits per heavy atom. The molecule has 2 N–H and O–H groups in total. The SMILES string of the molecule is OCCCCOc1ccc2ccccc2c1-c1c(OCCCCO)ccc2ccccc12. The van der Waals surface area contributed by atoms with Crippen LogP contribution in [0.2, 0.25) is 0 Å². The molecule has 0 bridgehead atoms. The van der Waals surface area contributed by atoms with Crippen LogP contribution in [0.25, 0.3) is 32.7 Å². The van der Waals surface area contributed by atoms with Crippen molar-refractivity contribution in [1.29, 1.82) is 0 Å². The molecule has 4 aromatic carbocycles. The van der Waals surface area contributed by atoms with Crippen molar-refractivity contribution >= 4 is 21.5 Å². The molecule has 0 spiro atoms. The van der Waals surface area contributed by atoms with E-state index in [9.17, 15) is 0 Å². The Bertz CT molecular complexity index is 1080. The van der Waals surface area contributed by atoms with Crippen LogP contribution in [0.15, 0.2) is 72.8 Å². The fourth-order valence-electron chi connectivity index (χ4n) is 4.05. The summed E-state index contributed by atoms with van der Waals surface area (Å²) in [5, 5.41) is 22.8. The van der Waals surface area contributed by atoms with Gasteiger partial charge >= 0.3 is 0 Å². The molecule has 0 aliphatic carbocycles. The number of unbranched alkanes of at least 4 members (excludes halogenated alkanes) is 2. The Kier molecular flexibility index (Phi) is 7.59. The first-order valence-corrected chi connectivity index (χ1v) is 11.3. The summed E-state index contributed by atoms with van der Waals surface area (Å²) in [7, 11) is 0. The highest BCUT2D eigenvalue weighted by molar-refractivity contribution is 6.09. The van der Waals surface area contributed by atoms with Crippen LogP contribution in [0.5, 0.6) is 11.5 Å². The fourth-order valence-corrected chi connectivity index (χ4v) is 4.05. The molecule has 0 radical (unpaired) electrons. The molecule has 0 atom stereocenters. The number of benzene rings is 4. The maximum absolute atomic E-state index is 9.13. The second kappa shape index (κ2) is 11.0. The lowest BCUT2D eigenvalue weighted by atomic mass is 9.92. The van der Waals surface area contributed by atoms with E-state index in [0.29, 0.717) is 13.2 Å². The first kappa shape index (κ1) is 22.1. The van der Waals surface area contributed by atoms with Crippen LogP contribution in [0.4, 0.5) is 0 Å². The summed E-state index contributed by atoms with van der Waals surface area (Å²) in [5.41, 5.74) is 2.06. The van der Waals surface area contributed by atoms with Crippen LogP contribution in [0.3, 0.4) is 0 Å². The molecular formula is C28H30O4. The monoisotopic (exact) mass is 430 g/mol. The molecule has 0 fully saturated rings. The molecule has 0 saturated carbocycles. The number of fused-ring (bicyclic) bond motifs is 2. The fraction of sp³-hybridized carbons (Fsp3) is 0.286. The van der Waals surface area contributed by atoms with Crippen molar-refractivity contribution in [1.82, 2.24) is 0 Å². The third kappa shape index (κ3) is 4.87. The maximum atomic E-state index is 9.13. The zero-order valence-corrected chi connectivity index (χ0v) is 18.3. The van der Waals surface area contributed by atoms with Crippen molar-refractivity contribution in [2.45, 2.75) is 25.7 Å². The second-order valence-corrected chi connectivity index (χ2v) is 7.88. The van der Waals surface area contributed by atoms with E-state index < -0.39 is 0 Å². The van der Waals surface area contributed by atoms with Crippen molar-refractivity contribution in [3.05, 3.63) is 72.8 Å². The molecule has 0 aromatic heterocycles. The molecule has 166 valence electrons. The highest BCUT2D eigenvalue weighted by Gasteiger charge is 2.19. The normalized spacial score (nSPS) is 11.2.